The molecule has 3 aromatic rings. The van der Waals surface area contributed by atoms with Crippen molar-refractivity contribution in [1.82, 2.24) is 9.78 Å². The molecule has 4 heteroatoms. The Balaban J connectivity index is 2.13. The summed E-state index contributed by atoms with van der Waals surface area (Å²) in [7, 11) is 0. The van der Waals surface area contributed by atoms with Crippen LogP contribution in [0.25, 0.3) is 16.3 Å². The summed E-state index contributed by atoms with van der Waals surface area (Å²) in [6.45, 7) is 4.30. The molecule has 0 aliphatic heterocycles. The van der Waals surface area contributed by atoms with Gasteiger partial charge in [0, 0.05) is 10.4 Å². The number of hydrogen-bond acceptors (Lipinski definition) is 3. The Morgan fingerprint density at radius 3 is 2.43 bits per heavy atom. The van der Waals surface area contributed by atoms with Crippen molar-refractivity contribution in [3.05, 3.63) is 52.9 Å². The normalized spacial score (nSPS) is 11.0. The first-order valence-electron chi connectivity index (χ1n) is 7.26. The van der Waals surface area contributed by atoms with Gasteiger partial charge in [0.15, 0.2) is 0 Å². The first-order chi connectivity index (χ1) is 10.2. The van der Waals surface area contributed by atoms with Crippen molar-refractivity contribution in [3.63, 3.8) is 0 Å². The molecule has 0 saturated heterocycles. The van der Waals surface area contributed by atoms with Crippen molar-refractivity contribution in [3.8, 4) is 16.3 Å². The van der Waals surface area contributed by atoms with E-state index in [9.17, 15) is 0 Å². The summed E-state index contributed by atoms with van der Waals surface area (Å²) in [4.78, 5) is 2.57. The Bertz CT molecular complexity index is 741. The lowest BCUT2D eigenvalue weighted by Gasteiger charge is -2.03. The minimum Gasteiger partial charge on any atom is -0.383 e. The third-order valence-corrected chi connectivity index (χ3v) is 4.86. The lowest BCUT2D eigenvalue weighted by atomic mass is 10.1. The molecule has 0 radical (unpaired) electrons. The molecule has 0 spiro atoms. The SMILES string of the molecule is CCc1ccc(-c2nn(-c3ccccc3)c(N)c2CC)s1. The van der Waals surface area contributed by atoms with Crippen molar-refractivity contribution in [2.24, 2.45) is 0 Å². The Morgan fingerprint density at radius 1 is 1.05 bits per heavy atom. The van der Waals surface area contributed by atoms with Crippen molar-refractivity contribution in [2.75, 3.05) is 5.73 Å². The molecule has 3 nitrogen and oxygen atoms in total. The molecule has 0 unspecified atom stereocenters. The fraction of sp³-hybridized carbons (Fsp3) is 0.235. The van der Waals surface area contributed by atoms with Gasteiger partial charge in [-0.3, -0.25) is 0 Å². The molecule has 3 rings (SSSR count). The van der Waals surface area contributed by atoms with Crippen LogP contribution in [0.2, 0.25) is 0 Å². The Kier molecular flexibility index (Phi) is 3.80. The van der Waals surface area contributed by atoms with Crippen molar-refractivity contribution < 1.29 is 0 Å². The lowest BCUT2D eigenvalue weighted by molar-refractivity contribution is 0.895. The summed E-state index contributed by atoms with van der Waals surface area (Å²) >= 11 is 1.80. The van der Waals surface area contributed by atoms with Crippen LogP contribution in [0.4, 0.5) is 5.82 Å². The molecule has 21 heavy (non-hydrogen) atoms. The maximum absolute atomic E-state index is 6.33. The monoisotopic (exact) mass is 297 g/mol. The number of rotatable bonds is 4. The topological polar surface area (TPSA) is 43.8 Å². The summed E-state index contributed by atoms with van der Waals surface area (Å²) in [6, 6.07) is 14.4. The molecular weight excluding hydrogens is 278 g/mol. The lowest BCUT2D eigenvalue weighted by Crippen LogP contribution is -2.02. The highest BCUT2D eigenvalue weighted by Gasteiger charge is 2.17. The second kappa shape index (κ2) is 5.74. The van der Waals surface area contributed by atoms with Gasteiger partial charge >= 0.3 is 0 Å². The van der Waals surface area contributed by atoms with Crippen LogP contribution in [-0.2, 0) is 12.8 Å². The maximum Gasteiger partial charge on any atom is 0.131 e. The van der Waals surface area contributed by atoms with E-state index in [0.29, 0.717) is 0 Å². The number of aromatic nitrogens is 2. The van der Waals surface area contributed by atoms with Gasteiger partial charge in [-0.2, -0.15) is 5.10 Å². The molecule has 1 aromatic carbocycles. The van der Waals surface area contributed by atoms with Gasteiger partial charge in [-0.15, -0.1) is 11.3 Å². The number of benzene rings is 1. The van der Waals surface area contributed by atoms with E-state index >= 15 is 0 Å². The smallest absolute Gasteiger partial charge is 0.131 e. The quantitative estimate of drug-likeness (QED) is 0.780. The number of para-hydroxylation sites is 1. The van der Waals surface area contributed by atoms with E-state index in [0.717, 1.165) is 35.6 Å². The van der Waals surface area contributed by atoms with Crippen molar-refractivity contribution >= 4 is 17.2 Å². The molecule has 0 saturated carbocycles. The number of aryl methyl sites for hydroxylation is 1. The van der Waals surface area contributed by atoms with Gasteiger partial charge in [0.25, 0.3) is 0 Å². The first kappa shape index (κ1) is 13.9. The summed E-state index contributed by atoms with van der Waals surface area (Å²) in [5.41, 5.74) is 9.48. The highest BCUT2D eigenvalue weighted by Crippen LogP contribution is 2.34. The zero-order valence-electron chi connectivity index (χ0n) is 12.3. The maximum atomic E-state index is 6.33. The van der Waals surface area contributed by atoms with Crippen LogP contribution in [0, 0.1) is 0 Å². The fourth-order valence-electron chi connectivity index (χ4n) is 2.47. The first-order valence-corrected chi connectivity index (χ1v) is 8.08. The van der Waals surface area contributed by atoms with Crippen LogP contribution in [0.5, 0.6) is 0 Å². The standard InChI is InChI=1S/C17H19N3S/c1-3-13-10-11-15(21-13)16-14(4-2)17(18)20(19-16)12-8-6-5-7-9-12/h5-11H,3-4,18H2,1-2H3. The molecule has 2 N–H and O–H groups in total. The van der Waals surface area contributed by atoms with Gasteiger partial charge < -0.3 is 5.73 Å². The number of hydrogen-bond donors (Lipinski definition) is 1. The molecule has 108 valence electrons. The summed E-state index contributed by atoms with van der Waals surface area (Å²) in [6.07, 6.45) is 1.94. The van der Waals surface area contributed by atoms with Gasteiger partial charge in [-0.25, -0.2) is 4.68 Å². The van der Waals surface area contributed by atoms with Gasteiger partial charge in [-0.1, -0.05) is 32.0 Å². The number of thiophene rings is 1. The van der Waals surface area contributed by atoms with Crippen LogP contribution < -0.4 is 5.73 Å². The predicted molar refractivity (Wildman–Crippen MR) is 90.0 cm³/mol. The third kappa shape index (κ3) is 2.47. The molecular formula is C17H19N3S. The average molecular weight is 297 g/mol. The molecule has 2 heterocycles. The fourth-order valence-corrected chi connectivity index (χ4v) is 3.43. The highest BCUT2D eigenvalue weighted by molar-refractivity contribution is 7.15. The summed E-state index contributed by atoms with van der Waals surface area (Å²) < 4.78 is 1.85. The molecule has 0 atom stereocenters. The van der Waals surface area contributed by atoms with E-state index < -0.39 is 0 Å². The Hall–Kier alpha value is -2.07. The third-order valence-electron chi connectivity index (χ3n) is 3.62. The number of nitrogens with zero attached hydrogens (tertiary/aromatic N) is 2. The average Bonchev–Trinajstić information content (AvgIpc) is 3.12. The largest absolute Gasteiger partial charge is 0.383 e. The van der Waals surface area contributed by atoms with E-state index in [2.05, 4.69) is 26.0 Å². The Morgan fingerprint density at radius 2 is 1.81 bits per heavy atom. The van der Waals surface area contributed by atoms with Gasteiger partial charge in [0.1, 0.15) is 11.5 Å². The minimum absolute atomic E-state index is 0.741. The van der Waals surface area contributed by atoms with Crippen LogP contribution >= 0.6 is 11.3 Å². The minimum atomic E-state index is 0.741. The van der Waals surface area contributed by atoms with Gasteiger partial charge in [0.05, 0.1) is 10.6 Å². The van der Waals surface area contributed by atoms with E-state index in [4.69, 9.17) is 10.8 Å². The molecule has 0 bridgehead atoms. The van der Waals surface area contributed by atoms with Gasteiger partial charge in [0.2, 0.25) is 0 Å². The summed E-state index contributed by atoms with van der Waals surface area (Å²) in [5.74, 6) is 0.741. The van der Waals surface area contributed by atoms with Gasteiger partial charge in [-0.05, 0) is 37.1 Å². The zero-order chi connectivity index (χ0) is 14.8. The molecule has 0 amide bonds. The Labute approximate surface area is 129 Å². The second-order valence-corrected chi connectivity index (χ2v) is 6.10. The number of nitrogens with two attached hydrogens (primary N) is 1. The predicted octanol–water partition coefficient (Wildman–Crippen LogP) is 4.31. The molecule has 0 aliphatic rings. The highest BCUT2D eigenvalue weighted by atomic mass is 32.1. The van der Waals surface area contributed by atoms with Crippen molar-refractivity contribution in [1.29, 1.82) is 0 Å². The molecule has 0 aliphatic carbocycles. The second-order valence-electron chi connectivity index (χ2n) is 4.93. The zero-order valence-corrected chi connectivity index (χ0v) is 13.2. The van der Waals surface area contributed by atoms with Crippen molar-refractivity contribution in [2.45, 2.75) is 26.7 Å². The van der Waals surface area contributed by atoms with E-state index in [1.165, 1.54) is 9.75 Å². The van der Waals surface area contributed by atoms with Crippen LogP contribution in [0.15, 0.2) is 42.5 Å². The van der Waals surface area contributed by atoms with E-state index in [1.807, 2.05) is 35.0 Å². The molecule has 2 aromatic heterocycles. The number of anilines is 1. The van der Waals surface area contributed by atoms with Crippen LogP contribution in [0.3, 0.4) is 0 Å². The van der Waals surface area contributed by atoms with E-state index in [1.54, 1.807) is 11.3 Å². The van der Waals surface area contributed by atoms with E-state index in [-0.39, 0.29) is 0 Å². The number of nitrogen functional groups attached to an aromatic ring is 1. The molecule has 0 fully saturated rings. The van der Waals surface area contributed by atoms with Crippen LogP contribution in [0.1, 0.15) is 24.3 Å². The summed E-state index contributed by atoms with van der Waals surface area (Å²) in [5, 5.41) is 4.77. The van der Waals surface area contributed by atoms with Crippen LogP contribution in [-0.4, -0.2) is 9.78 Å².